The number of para-hydroxylation sites is 1. The average molecular weight is 387 g/mol. The van der Waals surface area contributed by atoms with Crippen LogP contribution in [-0.4, -0.2) is 25.0 Å². The minimum absolute atomic E-state index is 0.00908. The van der Waals surface area contributed by atoms with Crippen molar-refractivity contribution in [3.05, 3.63) is 78.4 Å². The van der Waals surface area contributed by atoms with Crippen molar-refractivity contribution in [2.75, 3.05) is 0 Å². The Hall–Kier alpha value is -3.18. The van der Waals surface area contributed by atoms with Crippen LogP contribution in [0.2, 0.25) is 0 Å². The van der Waals surface area contributed by atoms with Crippen LogP contribution in [0.15, 0.2) is 67.0 Å². The van der Waals surface area contributed by atoms with Crippen LogP contribution < -0.4 is 0 Å². The molecule has 0 saturated carbocycles. The molecular weight excluding hydrogens is 362 g/mol. The molecule has 0 saturated heterocycles. The molecule has 2 heterocycles. The van der Waals surface area contributed by atoms with Gasteiger partial charge in [-0.3, -0.25) is 4.79 Å². The summed E-state index contributed by atoms with van der Waals surface area (Å²) in [5.41, 5.74) is 3.74. The Morgan fingerprint density at radius 2 is 1.79 bits per heavy atom. The minimum Gasteiger partial charge on any atom is -0.385 e. The molecule has 0 aliphatic carbocycles. The van der Waals surface area contributed by atoms with Crippen LogP contribution in [0.25, 0.3) is 22.2 Å². The van der Waals surface area contributed by atoms with Crippen LogP contribution in [0.4, 0.5) is 0 Å². The second-order valence-corrected chi connectivity index (χ2v) is 7.11. The molecule has 4 rings (SSSR count). The number of carbonyl (C=O) groups excluding carboxylic acids is 1. The zero-order chi connectivity index (χ0) is 20.4. The van der Waals surface area contributed by atoms with E-state index in [9.17, 15) is 9.90 Å². The Balaban J connectivity index is 1.87. The maximum Gasteiger partial charge on any atom is 0.185 e. The molecule has 0 amide bonds. The van der Waals surface area contributed by atoms with E-state index in [1.54, 1.807) is 17.0 Å². The van der Waals surface area contributed by atoms with E-state index >= 15 is 0 Å². The number of ketones is 1. The first-order chi connectivity index (χ1) is 14.2. The molecule has 0 aliphatic rings. The van der Waals surface area contributed by atoms with Crippen molar-refractivity contribution in [3.8, 4) is 11.3 Å². The number of benzene rings is 2. The fourth-order valence-electron chi connectivity index (χ4n) is 3.98. The molecule has 0 aliphatic heterocycles. The van der Waals surface area contributed by atoms with E-state index in [2.05, 4.69) is 22.5 Å². The summed E-state index contributed by atoms with van der Waals surface area (Å²) in [5.74, 6) is 0.538. The van der Waals surface area contributed by atoms with Gasteiger partial charge in [0.25, 0.3) is 0 Å². The maximum absolute atomic E-state index is 13.6. The van der Waals surface area contributed by atoms with Crippen LogP contribution in [0.1, 0.15) is 42.6 Å². The van der Waals surface area contributed by atoms with Crippen LogP contribution >= 0.6 is 0 Å². The van der Waals surface area contributed by atoms with Crippen molar-refractivity contribution in [2.24, 2.45) is 0 Å². The van der Waals surface area contributed by atoms with Crippen molar-refractivity contribution < 1.29 is 9.90 Å². The van der Waals surface area contributed by atoms with E-state index in [1.165, 1.54) is 0 Å². The predicted molar refractivity (Wildman–Crippen MR) is 115 cm³/mol. The van der Waals surface area contributed by atoms with E-state index < -0.39 is 6.10 Å². The first-order valence-electron chi connectivity index (χ1n) is 10.0. The highest BCUT2D eigenvalue weighted by Crippen LogP contribution is 2.34. The SMILES string of the molecule is CCC(O)c1nccn1CC(=O)c1c(-c2ccccc2)n(CC)c2ccccc12. The van der Waals surface area contributed by atoms with Crippen LogP contribution in [0.5, 0.6) is 0 Å². The predicted octanol–water partition coefficient (Wildman–Crippen LogP) is 4.85. The second kappa shape index (κ2) is 8.05. The zero-order valence-corrected chi connectivity index (χ0v) is 16.7. The van der Waals surface area contributed by atoms with Crippen LogP contribution in [0.3, 0.4) is 0 Å². The van der Waals surface area contributed by atoms with Crippen molar-refractivity contribution >= 4 is 16.7 Å². The van der Waals surface area contributed by atoms with Gasteiger partial charge in [-0.1, -0.05) is 55.5 Å². The van der Waals surface area contributed by atoms with Gasteiger partial charge in [0.15, 0.2) is 5.78 Å². The Bertz CT molecular complexity index is 1140. The van der Waals surface area contributed by atoms with E-state index in [4.69, 9.17) is 0 Å². The van der Waals surface area contributed by atoms with Gasteiger partial charge in [-0.25, -0.2) is 4.98 Å². The number of rotatable bonds is 7. The first kappa shape index (κ1) is 19.2. The number of aromatic nitrogens is 3. The quantitative estimate of drug-likeness (QED) is 0.461. The van der Waals surface area contributed by atoms with Gasteiger partial charge >= 0.3 is 0 Å². The molecule has 0 fully saturated rings. The molecular formula is C24H25N3O2. The Morgan fingerprint density at radius 1 is 1.07 bits per heavy atom. The zero-order valence-electron chi connectivity index (χ0n) is 16.7. The standard InChI is InChI=1S/C24H25N3O2/c1-3-20(28)24-25-14-15-26(24)16-21(29)22-18-12-8-9-13-19(18)27(4-2)23(22)17-10-6-5-7-11-17/h5-15,20,28H,3-4,16H2,1-2H3. The van der Waals surface area contributed by atoms with Crippen LogP contribution in [-0.2, 0) is 13.1 Å². The molecule has 0 spiro atoms. The summed E-state index contributed by atoms with van der Waals surface area (Å²) in [6.07, 6.45) is 3.26. The van der Waals surface area contributed by atoms with E-state index in [1.807, 2.05) is 55.5 Å². The molecule has 2 aromatic carbocycles. The largest absolute Gasteiger partial charge is 0.385 e. The number of carbonyl (C=O) groups is 1. The fraction of sp³-hybridized carbons (Fsp3) is 0.250. The summed E-state index contributed by atoms with van der Waals surface area (Å²) in [5, 5.41) is 11.2. The lowest BCUT2D eigenvalue weighted by molar-refractivity contribution is 0.0966. The third kappa shape index (κ3) is 3.38. The Labute approximate surface area is 170 Å². The van der Waals surface area contributed by atoms with Gasteiger partial charge in [0.1, 0.15) is 11.9 Å². The summed E-state index contributed by atoms with van der Waals surface area (Å²) in [4.78, 5) is 17.8. The summed E-state index contributed by atoms with van der Waals surface area (Å²) in [6.45, 7) is 4.90. The van der Waals surface area contributed by atoms with Crippen molar-refractivity contribution in [1.29, 1.82) is 0 Å². The number of aryl methyl sites for hydroxylation is 1. The minimum atomic E-state index is -0.677. The monoisotopic (exact) mass is 387 g/mol. The molecule has 0 bridgehead atoms. The van der Waals surface area contributed by atoms with E-state index in [0.717, 1.165) is 34.3 Å². The highest BCUT2D eigenvalue weighted by atomic mass is 16.3. The summed E-state index contributed by atoms with van der Waals surface area (Å²) >= 11 is 0. The molecule has 1 atom stereocenters. The van der Waals surface area contributed by atoms with Gasteiger partial charge in [-0.05, 0) is 25.0 Å². The van der Waals surface area contributed by atoms with Crippen LogP contribution in [0, 0.1) is 0 Å². The van der Waals surface area contributed by atoms with Gasteiger partial charge in [0.2, 0.25) is 0 Å². The maximum atomic E-state index is 13.6. The normalized spacial score (nSPS) is 12.4. The molecule has 4 aromatic rings. The highest BCUT2D eigenvalue weighted by molar-refractivity contribution is 6.13. The number of hydrogen-bond acceptors (Lipinski definition) is 3. The van der Waals surface area contributed by atoms with Gasteiger partial charge in [0, 0.05) is 29.8 Å². The molecule has 1 N–H and O–H groups in total. The molecule has 0 radical (unpaired) electrons. The number of aliphatic hydroxyl groups excluding tert-OH is 1. The third-order valence-corrected chi connectivity index (χ3v) is 5.36. The summed E-state index contributed by atoms with van der Waals surface area (Å²) in [7, 11) is 0. The van der Waals surface area contributed by atoms with Crippen molar-refractivity contribution in [1.82, 2.24) is 14.1 Å². The number of aliphatic hydroxyl groups is 1. The van der Waals surface area contributed by atoms with Crippen molar-refractivity contribution in [2.45, 2.75) is 39.5 Å². The molecule has 5 heteroatoms. The third-order valence-electron chi connectivity index (χ3n) is 5.36. The lowest BCUT2D eigenvalue weighted by Crippen LogP contribution is -2.15. The molecule has 1 unspecified atom stereocenters. The topological polar surface area (TPSA) is 60.1 Å². The fourth-order valence-corrected chi connectivity index (χ4v) is 3.98. The smallest absolute Gasteiger partial charge is 0.185 e. The number of imidazole rings is 1. The number of nitrogens with zero attached hydrogens (tertiary/aromatic N) is 3. The highest BCUT2D eigenvalue weighted by Gasteiger charge is 2.24. The van der Waals surface area contributed by atoms with Gasteiger partial charge in [-0.2, -0.15) is 0 Å². The first-order valence-corrected chi connectivity index (χ1v) is 10.0. The van der Waals surface area contributed by atoms with Gasteiger partial charge in [0.05, 0.1) is 17.8 Å². The van der Waals surface area contributed by atoms with E-state index in [-0.39, 0.29) is 12.3 Å². The molecule has 2 aromatic heterocycles. The van der Waals surface area contributed by atoms with Gasteiger partial charge < -0.3 is 14.2 Å². The lowest BCUT2D eigenvalue weighted by atomic mass is 10.0. The number of hydrogen-bond donors (Lipinski definition) is 1. The lowest BCUT2D eigenvalue weighted by Gasteiger charge is -2.13. The molecule has 148 valence electrons. The summed E-state index contributed by atoms with van der Waals surface area (Å²) in [6, 6.07) is 18.1. The molecule has 5 nitrogen and oxygen atoms in total. The van der Waals surface area contributed by atoms with Gasteiger partial charge in [-0.15, -0.1) is 0 Å². The second-order valence-electron chi connectivity index (χ2n) is 7.11. The Kier molecular flexibility index (Phi) is 5.32. The van der Waals surface area contributed by atoms with Crippen molar-refractivity contribution in [3.63, 3.8) is 0 Å². The average Bonchev–Trinajstić information content (AvgIpc) is 3.35. The van der Waals surface area contributed by atoms with E-state index in [0.29, 0.717) is 12.2 Å². The number of Topliss-reactive ketones (excluding diaryl/α,β-unsaturated/α-hetero) is 1. The Morgan fingerprint density at radius 3 is 2.52 bits per heavy atom. The number of fused-ring (bicyclic) bond motifs is 1. The summed E-state index contributed by atoms with van der Waals surface area (Å²) < 4.78 is 3.96. The molecule has 29 heavy (non-hydrogen) atoms.